The number of methoxy groups -OCH3 is 1. The molecule has 1 aromatic heterocycles. The van der Waals surface area contributed by atoms with Crippen LogP contribution < -0.4 is 0 Å². The fourth-order valence-electron chi connectivity index (χ4n) is 2.36. The summed E-state index contributed by atoms with van der Waals surface area (Å²) in [5, 5.41) is 0.358. The van der Waals surface area contributed by atoms with Crippen LogP contribution in [0.5, 0.6) is 0 Å². The molecule has 0 saturated carbocycles. The molecule has 6 heteroatoms. The topological polar surface area (TPSA) is 59.2 Å². The van der Waals surface area contributed by atoms with E-state index in [-0.39, 0.29) is 11.3 Å². The minimum Gasteiger partial charge on any atom is -0.465 e. The molecule has 0 aliphatic rings. The zero-order valence-corrected chi connectivity index (χ0v) is 14.3. The molecule has 0 atom stereocenters. The smallest absolute Gasteiger partial charge is 0.340 e. The Morgan fingerprint density at radius 3 is 2.41 bits per heavy atom. The molecule has 2 aromatic rings. The fraction of sp³-hybridized carbons (Fsp3) is 0.250. The second kappa shape index (κ2) is 6.58. The monoisotopic (exact) mass is 337 g/mol. The quantitative estimate of drug-likeness (QED) is 0.520. The van der Waals surface area contributed by atoms with Crippen LogP contribution in [0.3, 0.4) is 0 Å². The number of aromatic nitrogens is 1. The number of carbonyl (C=O) groups is 2. The van der Waals surface area contributed by atoms with E-state index >= 15 is 0 Å². The molecule has 0 spiro atoms. The van der Waals surface area contributed by atoms with Gasteiger partial charge in [-0.25, -0.2) is 4.79 Å². The van der Waals surface area contributed by atoms with Gasteiger partial charge >= 0.3 is 5.97 Å². The number of carbonyl (C=O) groups excluding carboxylic acids is 2. The maximum Gasteiger partial charge on any atom is 0.340 e. The Bertz CT molecular complexity index is 752. The van der Waals surface area contributed by atoms with Gasteiger partial charge in [-0.1, -0.05) is 11.6 Å². The number of aromatic amines is 1. The van der Waals surface area contributed by atoms with Crippen LogP contribution in [0.2, 0.25) is 5.02 Å². The molecule has 0 saturated heterocycles. The summed E-state index contributed by atoms with van der Waals surface area (Å²) in [6, 6.07) is 5.27. The first-order chi connectivity index (χ1) is 10.4. The molecule has 0 aliphatic heterocycles. The summed E-state index contributed by atoms with van der Waals surface area (Å²) in [4.78, 5) is 28.8. The Balaban J connectivity index is 2.62. The molecule has 1 aromatic carbocycles. The van der Waals surface area contributed by atoms with Gasteiger partial charge < -0.3 is 9.72 Å². The minimum absolute atomic E-state index is 0.260. The van der Waals surface area contributed by atoms with E-state index in [0.29, 0.717) is 27.5 Å². The van der Waals surface area contributed by atoms with E-state index in [9.17, 15) is 9.59 Å². The largest absolute Gasteiger partial charge is 0.465 e. The second-order valence-corrected chi connectivity index (χ2v) is 6.08. The fourth-order valence-corrected chi connectivity index (χ4v) is 3.01. The van der Waals surface area contributed by atoms with Crippen molar-refractivity contribution in [2.45, 2.75) is 18.7 Å². The van der Waals surface area contributed by atoms with E-state index in [0.717, 1.165) is 4.90 Å². The lowest BCUT2D eigenvalue weighted by Gasteiger charge is -2.08. The highest BCUT2D eigenvalue weighted by molar-refractivity contribution is 7.98. The molecular weight excluding hydrogens is 322 g/mol. The first-order valence-electron chi connectivity index (χ1n) is 6.56. The van der Waals surface area contributed by atoms with Crippen molar-refractivity contribution in [3.05, 3.63) is 51.3 Å². The molecule has 0 bridgehead atoms. The Kier molecular flexibility index (Phi) is 4.98. The lowest BCUT2D eigenvalue weighted by Crippen LogP contribution is -2.11. The van der Waals surface area contributed by atoms with Crippen LogP contribution >= 0.6 is 23.4 Å². The number of halogens is 1. The van der Waals surface area contributed by atoms with Crippen molar-refractivity contribution >= 4 is 35.1 Å². The first kappa shape index (κ1) is 16.6. The highest BCUT2D eigenvalue weighted by Crippen LogP contribution is 2.28. The normalized spacial score (nSPS) is 10.6. The Labute approximate surface area is 138 Å². The van der Waals surface area contributed by atoms with E-state index in [4.69, 9.17) is 16.3 Å². The van der Waals surface area contributed by atoms with Crippen molar-refractivity contribution in [3.63, 3.8) is 0 Å². The number of hydrogen-bond acceptors (Lipinski definition) is 4. The molecule has 22 heavy (non-hydrogen) atoms. The van der Waals surface area contributed by atoms with Gasteiger partial charge in [-0.2, -0.15) is 0 Å². The van der Waals surface area contributed by atoms with Gasteiger partial charge in [0, 0.05) is 21.8 Å². The molecule has 1 N–H and O–H groups in total. The van der Waals surface area contributed by atoms with Gasteiger partial charge in [0.25, 0.3) is 0 Å². The maximum atomic E-state index is 12.9. The lowest BCUT2D eigenvalue weighted by atomic mass is 9.99. The molecular formula is C16H16ClNO3S. The van der Waals surface area contributed by atoms with E-state index in [1.807, 2.05) is 12.3 Å². The summed E-state index contributed by atoms with van der Waals surface area (Å²) in [5.41, 5.74) is 2.17. The van der Waals surface area contributed by atoms with Crippen molar-refractivity contribution in [2.24, 2.45) is 0 Å². The number of ketones is 1. The predicted molar refractivity (Wildman–Crippen MR) is 88.3 cm³/mol. The number of esters is 1. The SMILES string of the molecule is COC(=O)c1c(C)[nH]c(C)c1C(=O)c1cc(SC)ccc1Cl. The molecule has 0 fully saturated rings. The van der Waals surface area contributed by atoms with Crippen LogP contribution in [0.4, 0.5) is 0 Å². The Hall–Kier alpha value is -1.72. The summed E-state index contributed by atoms with van der Waals surface area (Å²) < 4.78 is 4.78. The number of H-pyrrole nitrogens is 1. The number of aryl methyl sites for hydroxylation is 2. The molecule has 1 heterocycles. The summed E-state index contributed by atoms with van der Waals surface area (Å²) in [7, 11) is 1.29. The van der Waals surface area contributed by atoms with Gasteiger partial charge in [-0.3, -0.25) is 4.79 Å². The van der Waals surface area contributed by atoms with Gasteiger partial charge in [-0.15, -0.1) is 11.8 Å². The maximum absolute atomic E-state index is 12.9. The minimum atomic E-state index is -0.539. The zero-order valence-electron chi connectivity index (χ0n) is 12.7. The summed E-state index contributed by atoms with van der Waals surface area (Å²) >= 11 is 7.68. The molecule has 0 amide bonds. The zero-order chi connectivity index (χ0) is 16.4. The first-order valence-corrected chi connectivity index (χ1v) is 8.16. The Morgan fingerprint density at radius 1 is 1.18 bits per heavy atom. The third kappa shape index (κ3) is 2.91. The van der Waals surface area contributed by atoms with Crippen LogP contribution in [0.15, 0.2) is 23.1 Å². The van der Waals surface area contributed by atoms with Crippen molar-refractivity contribution in [2.75, 3.05) is 13.4 Å². The number of benzene rings is 1. The number of nitrogens with one attached hydrogen (secondary N) is 1. The van der Waals surface area contributed by atoms with Gasteiger partial charge in [-0.05, 0) is 38.3 Å². The second-order valence-electron chi connectivity index (χ2n) is 4.79. The predicted octanol–water partition coefficient (Wildman–Crippen LogP) is 4.02. The van der Waals surface area contributed by atoms with Crippen molar-refractivity contribution < 1.29 is 14.3 Å². The lowest BCUT2D eigenvalue weighted by molar-refractivity contribution is 0.0597. The number of ether oxygens (including phenoxy) is 1. The van der Waals surface area contributed by atoms with Gasteiger partial charge in [0.15, 0.2) is 5.78 Å². The molecule has 0 aliphatic carbocycles. The number of hydrogen-bond donors (Lipinski definition) is 1. The third-order valence-corrected chi connectivity index (χ3v) is 4.46. The number of rotatable bonds is 4. The van der Waals surface area contributed by atoms with Crippen LogP contribution in [0.1, 0.15) is 37.7 Å². The van der Waals surface area contributed by atoms with Crippen molar-refractivity contribution in [3.8, 4) is 0 Å². The summed E-state index contributed by atoms with van der Waals surface area (Å²) in [5.74, 6) is -0.828. The average Bonchev–Trinajstić information content (AvgIpc) is 2.80. The number of thioether (sulfide) groups is 1. The standard InChI is InChI=1S/C16H16ClNO3S/c1-8-13(14(9(2)18-8)16(20)21-3)15(19)11-7-10(22-4)5-6-12(11)17/h5-7,18H,1-4H3. The molecule has 0 radical (unpaired) electrons. The highest BCUT2D eigenvalue weighted by Gasteiger charge is 2.27. The van der Waals surface area contributed by atoms with E-state index in [1.165, 1.54) is 18.9 Å². The molecule has 0 unspecified atom stereocenters. The van der Waals surface area contributed by atoms with Gasteiger partial charge in [0.2, 0.25) is 0 Å². The van der Waals surface area contributed by atoms with Crippen LogP contribution in [-0.4, -0.2) is 30.1 Å². The van der Waals surface area contributed by atoms with Crippen molar-refractivity contribution in [1.82, 2.24) is 4.98 Å². The average molecular weight is 338 g/mol. The molecule has 4 nitrogen and oxygen atoms in total. The molecule has 2 rings (SSSR count). The van der Waals surface area contributed by atoms with Crippen LogP contribution in [0, 0.1) is 13.8 Å². The molecule has 116 valence electrons. The van der Waals surface area contributed by atoms with Gasteiger partial charge in [0.1, 0.15) is 0 Å². The van der Waals surface area contributed by atoms with Gasteiger partial charge in [0.05, 0.1) is 23.3 Å². The Morgan fingerprint density at radius 2 is 1.82 bits per heavy atom. The van der Waals surface area contributed by atoms with Crippen molar-refractivity contribution in [1.29, 1.82) is 0 Å². The summed E-state index contributed by atoms with van der Waals surface area (Å²) in [6.45, 7) is 3.48. The van der Waals surface area contributed by atoms with E-state index in [1.54, 1.807) is 26.0 Å². The van der Waals surface area contributed by atoms with E-state index < -0.39 is 5.97 Å². The van der Waals surface area contributed by atoms with Crippen LogP contribution in [-0.2, 0) is 4.74 Å². The summed E-state index contributed by atoms with van der Waals surface area (Å²) in [6.07, 6.45) is 1.92. The highest BCUT2D eigenvalue weighted by atomic mass is 35.5. The van der Waals surface area contributed by atoms with Crippen LogP contribution in [0.25, 0.3) is 0 Å². The third-order valence-electron chi connectivity index (χ3n) is 3.41. The van der Waals surface area contributed by atoms with E-state index in [2.05, 4.69) is 4.98 Å².